The maximum Gasteiger partial charge on any atom is 0.254 e. The second-order valence-corrected chi connectivity index (χ2v) is 8.01. The van der Waals surface area contributed by atoms with Gasteiger partial charge in [0.1, 0.15) is 0 Å². The number of amides is 1. The first-order valence-corrected chi connectivity index (χ1v) is 10.7. The average molecular weight is 429 g/mol. The molecule has 0 bridgehead atoms. The second-order valence-electron chi connectivity index (χ2n) is 7.57. The summed E-state index contributed by atoms with van der Waals surface area (Å²) in [5, 5.41) is 5.66. The molecule has 0 fully saturated rings. The molecule has 0 spiro atoms. The van der Waals surface area contributed by atoms with Crippen LogP contribution in [0.1, 0.15) is 34.1 Å². The maximum atomic E-state index is 13.0. The van der Waals surface area contributed by atoms with Crippen molar-refractivity contribution in [2.24, 2.45) is 0 Å². The van der Waals surface area contributed by atoms with Crippen molar-refractivity contribution in [3.8, 4) is 16.9 Å². The molecule has 3 heterocycles. The standard InChI is InChI=1S/C25H21ClN4O/c1-2-17-5-3-4-6-23(17)30-24(18-7-9-20(26)10-8-18)21-15-29(16-22(21)28-30)25(31)19-11-13-27-14-12-19/h3-14H,2,15-16H2,1H3. The summed E-state index contributed by atoms with van der Waals surface area (Å²) in [6, 6.07) is 19.6. The van der Waals surface area contributed by atoms with Crippen LogP contribution in [-0.2, 0) is 19.5 Å². The molecule has 154 valence electrons. The zero-order valence-electron chi connectivity index (χ0n) is 17.1. The molecule has 5 nitrogen and oxygen atoms in total. The molecule has 0 radical (unpaired) electrons. The Labute approximate surface area is 185 Å². The van der Waals surface area contributed by atoms with Crippen LogP contribution >= 0.6 is 11.6 Å². The van der Waals surface area contributed by atoms with E-state index in [1.807, 2.05) is 39.9 Å². The van der Waals surface area contributed by atoms with Crippen LogP contribution in [0.15, 0.2) is 73.1 Å². The normalized spacial score (nSPS) is 12.8. The molecule has 0 N–H and O–H groups in total. The lowest BCUT2D eigenvalue weighted by Gasteiger charge is -2.18. The van der Waals surface area contributed by atoms with Gasteiger partial charge in [0.05, 0.1) is 30.2 Å². The highest BCUT2D eigenvalue weighted by molar-refractivity contribution is 6.30. The largest absolute Gasteiger partial charge is 0.328 e. The molecule has 1 aliphatic rings. The first kappa shape index (κ1) is 19.5. The summed E-state index contributed by atoms with van der Waals surface area (Å²) in [6.07, 6.45) is 4.19. The van der Waals surface area contributed by atoms with E-state index < -0.39 is 0 Å². The van der Waals surface area contributed by atoms with Crippen molar-refractivity contribution in [3.63, 3.8) is 0 Å². The number of fused-ring (bicyclic) bond motifs is 1. The number of nitrogens with zero attached hydrogens (tertiary/aromatic N) is 4. The van der Waals surface area contributed by atoms with Crippen molar-refractivity contribution >= 4 is 17.5 Å². The molecule has 4 aromatic rings. The van der Waals surface area contributed by atoms with Gasteiger partial charge in [0.15, 0.2) is 0 Å². The van der Waals surface area contributed by atoms with E-state index in [4.69, 9.17) is 16.7 Å². The number of aryl methyl sites for hydroxylation is 1. The number of hydrogen-bond acceptors (Lipinski definition) is 3. The number of para-hydroxylation sites is 1. The summed E-state index contributed by atoms with van der Waals surface area (Å²) in [6.45, 7) is 3.15. The zero-order chi connectivity index (χ0) is 21.4. The topological polar surface area (TPSA) is 51.0 Å². The quantitative estimate of drug-likeness (QED) is 0.442. The SMILES string of the molecule is CCc1ccccc1-n1nc2c(c1-c1ccc(Cl)cc1)CN(C(=O)c1ccncc1)C2. The number of rotatable bonds is 4. The van der Waals surface area contributed by atoms with Gasteiger partial charge in [-0.15, -0.1) is 0 Å². The van der Waals surface area contributed by atoms with Gasteiger partial charge in [-0.3, -0.25) is 9.78 Å². The van der Waals surface area contributed by atoms with Crippen LogP contribution in [0.2, 0.25) is 5.02 Å². The fourth-order valence-corrected chi connectivity index (χ4v) is 4.26. The Morgan fingerprint density at radius 1 is 1.00 bits per heavy atom. The summed E-state index contributed by atoms with van der Waals surface area (Å²) in [5.41, 5.74) is 6.98. The number of halogens is 1. The van der Waals surface area contributed by atoms with E-state index in [1.165, 1.54) is 5.56 Å². The molecule has 2 aromatic carbocycles. The van der Waals surface area contributed by atoms with Crippen LogP contribution in [-0.4, -0.2) is 25.6 Å². The fourth-order valence-electron chi connectivity index (χ4n) is 4.13. The maximum absolute atomic E-state index is 13.0. The number of hydrogen-bond donors (Lipinski definition) is 0. The fraction of sp³-hybridized carbons (Fsp3) is 0.160. The van der Waals surface area contributed by atoms with Crippen LogP contribution in [0, 0.1) is 0 Å². The van der Waals surface area contributed by atoms with E-state index in [0.717, 1.165) is 34.6 Å². The minimum Gasteiger partial charge on any atom is -0.328 e. The summed E-state index contributed by atoms with van der Waals surface area (Å²) in [4.78, 5) is 18.9. The molecule has 0 saturated heterocycles. The molecular weight excluding hydrogens is 408 g/mol. The third kappa shape index (κ3) is 3.51. The number of pyridine rings is 1. The Balaban J connectivity index is 1.61. The predicted octanol–water partition coefficient (Wildman–Crippen LogP) is 5.31. The highest BCUT2D eigenvalue weighted by Gasteiger charge is 2.32. The first-order valence-electron chi connectivity index (χ1n) is 10.3. The molecule has 5 rings (SSSR count). The molecule has 0 unspecified atom stereocenters. The van der Waals surface area contributed by atoms with E-state index in [0.29, 0.717) is 23.7 Å². The van der Waals surface area contributed by atoms with Gasteiger partial charge in [0, 0.05) is 34.1 Å². The molecule has 0 aliphatic carbocycles. The molecule has 1 amide bonds. The van der Waals surface area contributed by atoms with Crippen LogP contribution in [0.25, 0.3) is 16.9 Å². The van der Waals surface area contributed by atoms with Crippen LogP contribution < -0.4 is 0 Å². The molecule has 31 heavy (non-hydrogen) atoms. The minimum absolute atomic E-state index is 0.0111. The van der Waals surface area contributed by atoms with Gasteiger partial charge in [-0.05, 0) is 42.3 Å². The Kier molecular flexibility index (Phi) is 5.04. The third-order valence-electron chi connectivity index (χ3n) is 5.69. The van der Waals surface area contributed by atoms with E-state index in [9.17, 15) is 4.79 Å². The van der Waals surface area contributed by atoms with Crippen LogP contribution in [0.5, 0.6) is 0 Å². The molecule has 1 aliphatic heterocycles. The first-order chi connectivity index (χ1) is 15.2. The Bertz CT molecular complexity index is 1250. The van der Waals surface area contributed by atoms with Crippen molar-refractivity contribution in [2.45, 2.75) is 26.4 Å². The average Bonchev–Trinajstić information content (AvgIpc) is 3.38. The predicted molar refractivity (Wildman–Crippen MR) is 121 cm³/mol. The lowest BCUT2D eigenvalue weighted by atomic mass is 10.1. The summed E-state index contributed by atoms with van der Waals surface area (Å²) in [7, 11) is 0. The van der Waals surface area contributed by atoms with E-state index in [1.54, 1.807) is 24.5 Å². The molecule has 6 heteroatoms. The van der Waals surface area contributed by atoms with Crippen molar-refractivity contribution in [1.82, 2.24) is 19.7 Å². The summed E-state index contributed by atoms with van der Waals surface area (Å²) >= 11 is 6.15. The van der Waals surface area contributed by atoms with Gasteiger partial charge < -0.3 is 4.90 Å². The minimum atomic E-state index is -0.0111. The Morgan fingerprint density at radius 3 is 2.48 bits per heavy atom. The van der Waals surface area contributed by atoms with Gasteiger partial charge in [0.2, 0.25) is 0 Å². The number of carbonyl (C=O) groups is 1. The van der Waals surface area contributed by atoms with Crippen LogP contribution in [0.3, 0.4) is 0 Å². The Hall–Kier alpha value is -3.44. The van der Waals surface area contributed by atoms with Crippen molar-refractivity contribution in [2.75, 3.05) is 0 Å². The van der Waals surface area contributed by atoms with Gasteiger partial charge in [-0.1, -0.05) is 48.9 Å². The van der Waals surface area contributed by atoms with E-state index in [2.05, 4.69) is 30.1 Å². The summed E-state index contributed by atoms with van der Waals surface area (Å²) in [5.74, 6) is -0.0111. The highest BCUT2D eigenvalue weighted by Crippen LogP contribution is 2.36. The number of aromatic nitrogens is 3. The van der Waals surface area contributed by atoms with Gasteiger partial charge in [-0.2, -0.15) is 5.10 Å². The van der Waals surface area contributed by atoms with E-state index in [-0.39, 0.29) is 5.91 Å². The van der Waals surface area contributed by atoms with Crippen molar-refractivity contribution < 1.29 is 4.79 Å². The molecule has 0 saturated carbocycles. The smallest absolute Gasteiger partial charge is 0.254 e. The van der Waals surface area contributed by atoms with Crippen molar-refractivity contribution in [3.05, 3.63) is 100 Å². The number of carbonyl (C=O) groups excluding carboxylic acids is 1. The van der Waals surface area contributed by atoms with Gasteiger partial charge in [-0.25, -0.2) is 4.68 Å². The monoisotopic (exact) mass is 428 g/mol. The molecule has 2 aromatic heterocycles. The highest BCUT2D eigenvalue weighted by atomic mass is 35.5. The molecular formula is C25H21ClN4O. The van der Waals surface area contributed by atoms with E-state index >= 15 is 0 Å². The number of benzene rings is 2. The van der Waals surface area contributed by atoms with Gasteiger partial charge >= 0.3 is 0 Å². The zero-order valence-corrected chi connectivity index (χ0v) is 17.9. The lowest BCUT2D eigenvalue weighted by molar-refractivity contribution is 0.0749. The second kappa shape index (κ2) is 8.00. The summed E-state index contributed by atoms with van der Waals surface area (Å²) < 4.78 is 2.03. The third-order valence-corrected chi connectivity index (χ3v) is 5.94. The molecule has 0 atom stereocenters. The lowest BCUT2D eigenvalue weighted by Crippen LogP contribution is -2.26. The van der Waals surface area contributed by atoms with Gasteiger partial charge in [0.25, 0.3) is 5.91 Å². The Morgan fingerprint density at radius 2 is 1.74 bits per heavy atom. The van der Waals surface area contributed by atoms with Crippen molar-refractivity contribution in [1.29, 1.82) is 0 Å². The van der Waals surface area contributed by atoms with Crippen LogP contribution in [0.4, 0.5) is 0 Å².